The van der Waals surface area contributed by atoms with E-state index in [4.69, 9.17) is 5.73 Å². The molecule has 0 saturated heterocycles. The van der Waals surface area contributed by atoms with E-state index in [-0.39, 0.29) is 0 Å². The van der Waals surface area contributed by atoms with Crippen LogP contribution in [0.2, 0.25) is 0 Å². The molecule has 2 aromatic heterocycles. The normalized spacial score (nSPS) is 10.8. The summed E-state index contributed by atoms with van der Waals surface area (Å²) in [6, 6.07) is 2.11. The fourth-order valence-corrected chi connectivity index (χ4v) is 3.51. The van der Waals surface area contributed by atoms with Gasteiger partial charge in [0.25, 0.3) is 0 Å². The molecular weight excluding hydrogens is 280 g/mol. The molecule has 2 rings (SSSR count). The second-order valence-corrected chi connectivity index (χ2v) is 5.83. The minimum absolute atomic E-state index is 0.516. The second kappa shape index (κ2) is 4.10. The summed E-state index contributed by atoms with van der Waals surface area (Å²) < 4.78 is 1.15. The molecule has 2 N–H and O–H groups in total. The highest BCUT2D eigenvalue weighted by Gasteiger charge is 2.08. The van der Waals surface area contributed by atoms with Crippen LogP contribution in [0.25, 0.3) is 9.88 Å². The van der Waals surface area contributed by atoms with Crippen LogP contribution < -0.4 is 5.73 Å². The van der Waals surface area contributed by atoms with Gasteiger partial charge in [-0.15, -0.1) is 22.7 Å². The van der Waals surface area contributed by atoms with Crippen molar-refractivity contribution in [3.8, 4) is 9.88 Å². The zero-order chi connectivity index (χ0) is 10.1. The van der Waals surface area contributed by atoms with Crippen LogP contribution >= 0.6 is 38.6 Å². The predicted octanol–water partition coefficient (Wildman–Crippen LogP) is 3.40. The average molecular weight is 289 g/mol. The van der Waals surface area contributed by atoms with Crippen molar-refractivity contribution in [2.45, 2.75) is 13.5 Å². The van der Waals surface area contributed by atoms with Gasteiger partial charge >= 0.3 is 0 Å². The van der Waals surface area contributed by atoms with E-state index in [1.807, 2.05) is 5.38 Å². The molecule has 0 aromatic carbocycles. The third-order valence-electron chi connectivity index (χ3n) is 1.83. The Morgan fingerprint density at radius 3 is 2.86 bits per heavy atom. The Hall–Kier alpha value is -0.230. The number of hydrogen-bond donors (Lipinski definition) is 1. The molecule has 0 saturated carbocycles. The van der Waals surface area contributed by atoms with Crippen LogP contribution in [-0.4, -0.2) is 4.98 Å². The molecule has 0 unspecified atom stereocenters. The summed E-state index contributed by atoms with van der Waals surface area (Å²) in [5.41, 5.74) is 6.48. The van der Waals surface area contributed by atoms with Gasteiger partial charge in [-0.3, -0.25) is 0 Å². The molecule has 14 heavy (non-hydrogen) atoms. The quantitative estimate of drug-likeness (QED) is 0.920. The van der Waals surface area contributed by atoms with Gasteiger partial charge in [-0.1, -0.05) is 0 Å². The topological polar surface area (TPSA) is 38.9 Å². The van der Waals surface area contributed by atoms with E-state index in [0.29, 0.717) is 6.54 Å². The Balaban J connectivity index is 2.39. The van der Waals surface area contributed by atoms with Gasteiger partial charge in [0.05, 0.1) is 10.6 Å². The highest BCUT2D eigenvalue weighted by atomic mass is 79.9. The van der Waals surface area contributed by atoms with Crippen LogP contribution in [-0.2, 0) is 6.54 Å². The number of rotatable bonds is 2. The van der Waals surface area contributed by atoms with Crippen molar-refractivity contribution in [2.75, 3.05) is 0 Å². The molecule has 0 spiro atoms. The first kappa shape index (κ1) is 10.3. The largest absolute Gasteiger partial charge is 0.325 e. The predicted molar refractivity (Wildman–Crippen MR) is 65.8 cm³/mol. The lowest BCUT2D eigenvalue weighted by Crippen LogP contribution is -1.95. The van der Waals surface area contributed by atoms with Crippen molar-refractivity contribution in [3.05, 3.63) is 26.5 Å². The number of nitrogens with zero attached hydrogens (tertiary/aromatic N) is 1. The van der Waals surface area contributed by atoms with Crippen LogP contribution in [0.15, 0.2) is 15.9 Å². The molecule has 0 atom stereocenters. The first-order chi connectivity index (χ1) is 6.70. The van der Waals surface area contributed by atoms with Crippen LogP contribution in [0.4, 0.5) is 0 Å². The molecule has 2 heterocycles. The van der Waals surface area contributed by atoms with E-state index in [9.17, 15) is 0 Å². The molecule has 0 fully saturated rings. The molecule has 5 heteroatoms. The number of nitrogens with two attached hydrogens (primary N) is 1. The van der Waals surface area contributed by atoms with Gasteiger partial charge < -0.3 is 5.73 Å². The van der Waals surface area contributed by atoms with Crippen molar-refractivity contribution in [1.29, 1.82) is 0 Å². The van der Waals surface area contributed by atoms with Gasteiger partial charge in [-0.2, -0.15) is 0 Å². The zero-order valence-corrected chi connectivity index (χ0v) is 10.8. The summed E-state index contributed by atoms with van der Waals surface area (Å²) in [7, 11) is 0. The lowest BCUT2D eigenvalue weighted by atomic mass is 10.4. The maximum absolute atomic E-state index is 5.51. The van der Waals surface area contributed by atoms with Gasteiger partial charge in [0, 0.05) is 21.3 Å². The standard InChI is InChI=1S/C9H9BrN2S2/c1-5-7(10)2-8(14-5)9-12-6(3-11)4-13-9/h2,4H,3,11H2,1H3. The summed E-state index contributed by atoms with van der Waals surface area (Å²) in [6.45, 7) is 2.61. The van der Waals surface area contributed by atoms with Crippen LogP contribution in [0, 0.1) is 6.92 Å². The summed E-state index contributed by atoms with van der Waals surface area (Å²) in [5.74, 6) is 0. The van der Waals surface area contributed by atoms with Crippen LogP contribution in [0.3, 0.4) is 0 Å². The Kier molecular flexibility index (Phi) is 3.02. The molecule has 0 amide bonds. The lowest BCUT2D eigenvalue weighted by Gasteiger charge is -1.87. The minimum Gasteiger partial charge on any atom is -0.325 e. The highest BCUT2D eigenvalue weighted by molar-refractivity contribution is 9.10. The number of hydrogen-bond acceptors (Lipinski definition) is 4. The van der Waals surface area contributed by atoms with Crippen molar-refractivity contribution in [1.82, 2.24) is 4.98 Å². The number of thiazole rings is 1. The van der Waals surface area contributed by atoms with Gasteiger partial charge in [0.1, 0.15) is 5.01 Å². The molecular formula is C9H9BrN2S2. The SMILES string of the molecule is Cc1sc(-c2nc(CN)cs2)cc1Br. The van der Waals surface area contributed by atoms with E-state index >= 15 is 0 Å². The third-order valence-corrected chi connectivity index (χ3v) is 5.03. The van der Waals surface area contributed by atoms with Crippen molar-refractivity contribution in [3.63, 3.8) is 0 Å². The van der Waals surface area contributed by atoms with Gasteiger partial charge in [-0.25, -0.2) is 4.98 Å². The lowest BCUT2D eigenvalue weighted by molar-refractivity contribution is 1.01. The van der Waals surface area contributed by atoms with Crippen molar-refractivity contribution >= 4 is 38.6 Å². The first-order valence-electron chi connectivity index (χ1n) is 4.11. The third kappa shape index (κ3) is 1.91. The number of aromatic nitrogens is 1. The number of aryl methyl sites for hydroxylation is 1. The van der Waals surface area contributed by atoms with Crippen LogP contribution in [0.1, 0.15) is 10.6 Å². The molecule has 0 aliphatic rings. The molecule has 0 bridgehead atoms. The summed E-state index contributed by atoms with van der Waals surface area (Å²) in [5, 5.41) is 3.07. The maximum atomic E-state index is 5.51. The van der Waals surface area contributed by atoms with E-state index in [0.717, 1.165) is 15.2 Å². The smallest absolute Gasteiger partial charge is 0.133 e. The Morgan fingerprint density at radius 2 is 2.36 bits per heavy atom. The summed E-state index contributed by atoms with van der Waals surface area (Å²) in [6.07, 6.45) is 0. The molecule has 74 valence electrons. The Labute approximate surface area is 98.9 Å². The fraction of sp³-hybridized carbons (Fsp3) is 0.222. The van der Waals surface area contributed by atoms with Gasteiger partial charge in [0.15, 0.2) is 0 Å². The first-order valence-corrected chi connectivity index (χ1v) is 6.60. The van der Waals surface area contributed by atoms with E-state index < -0.39 is 0 Å². The second-order valence-electron chi connectivity index (χ2n) is 2.86. The fourth-order valence-electron chi connectivity index (χ4n) is 1.08. The molecule has 2 aromatic rings. The Morgan fingerprint density at radius 1 is 1.57 bits per heavy atom. The van der Waals surface area contributed by atoms with Gasteiger partial charge in [0.2, 0.25) is 0 Å². The average Bonchev–Trinajstić information content (AvgIpc) is 2.74. The van der Waals surface area contributed by atoms with E-state index in [1.54, 1.807) is 22.7 Å². The molecule has 0 radical (unpaired) electrons. The van der Waals surface area contributed by atoms with Gasteiger partial charge in [-0.05, 0) is 28.9 Å². The minimum atomic E-state index is 0.516. The number of halogens is 1. The Bertz CT molecular complexity index is 428. The zero-order valence-electron chi connectivity index (χ0n) is 7.58. The van der Waals surface area contributed by atoms with Crippen LogP contribution in [0.5, 0.6) is 0 Å². The maximum Gasteiger partial charge on any atom is 0.133 e. The summed E-state index contributed by atoms with van der Waals surface area (Å²) >= 11 is 6.90. The number of thiophene rings is 1. The van der Waals surface area contributed by atoms with E-state index in [2.05, 4.69) is 33.9 Å². The molecule has 2 nitrogen and oxygen atoms in total. The highest BCUT2D eigenvalue weighted by Crippen LogP contribution is 2.35. The molecule has 0 aliphatic carbocycles. The van der Waals surface area contributed by atoms with Crippen molar-refractivity contribution < 1.29 is 0 Å². The summed E-state index contributed by atoms with van der Waals surface area (Å²) in [4.78, 5) is 6.93. The van der Waals surface area contributed by atoms with E-state index in [1.165, 1.54) is 9.75 Å². The van der Waals surface area contributed by atoms with Crippen molar-refractivity contribution in [2.24, 2.45) is 5.73 Å². The molecule has 0 aliphatic heterocycles. The monoisotopic (exact) mass is 288 g/mol.